The summed E-state index contributed by atoms with van der Waals surface area (Å²) in [5, 5.41) is 18.1. The molecule has 0 bridgehead atoms. The van der Waals surface area contributed by atoms with Gasteiger partial charge in [0.15, 0.2) is 11.5 Å². The zero-order chi connectivity index (χ0) is 19.8. The van der Waals surface area contributed by atoms with Gasteiger partial charge in [0.1, 0.15) is 5.82 Å². The van der Waals surface area contributed by atoms with Gasteiger partial charge in [-0.15, -0.1) is 0 Å². The van der Waals surface area contributed by atoms with Crippen molar-refractivity contribution in [1.29, 1.82) is 0 Å². The Hall–Kier alpha value is -3.19. The lowest BCUT2D eigenvalue weighted by Crippen LogP contribution is -2.24. The van der Waals surface area contributed by atoms with Gasteiger partial charge in [0.05, 0.1) is 26.1 Å². The lowest BCUT2D eigenvalue weighted by molar-refractivity contribution is -0.116. The average Bonchev–Trinajstić information content (AvgIpc) is 3.11. The van der Waals surface area contributed by atoms with Crippen molar-refractivity contribution in [3.05, 3.63) is 58.7 Å². The molecule has 7 nitrogen and oxygen atoms in total. The van der Waals surface area contributed by atoms with E-state index in [2.05, 4.69) is 10.4 Å². The van der Waals surface area contributed by atoms with Crippen molar-refractivity contribution in [2.45, 2.75) is 12.3 Å². The van der Waals surface area contributed by atoms with Crippen LogP contribution < -0.4 is 14.8 Å². The number of benzene rings is 2. The van der Waals surface area contributed by atoms with Gasteiger partial charge in [0.2, 0.25) is 11.7 Å². The molecule has 2 N–H and O–H groups in total. The van der Waals surface area contributed by atoms with Crippen LogP contribution in [0.15, 0.2) is 42.6 Å². The van der Waals surface area contributed by atoms with Crippen LogP contribution in [0.2, 0.25) is 5.02 Å². The Labute approximate surface area is 166 Å². The molecule has 0 spiro atoms. The highest BCUT2D eigenvalue weighted by Crippen LogP contribution is 2.44. The maximum absolute atomic E-state index is 12.4. The van der Waals surface area contributed by atoms with Crippen molar-refractivity contribution >= 4 is 23.3 Å². The SMILES string of the molecule is COc1cc([C@@H]2CC(=O)Nc3c2cnn3-c2cccc(Cl)c2)cc(OC)c1O. The molecule has 0 saturated heterocycles. The largest absolute Gasteiger partial charge is 0.502 e. The second-order valence-electron chi connectivity index (χ2n) is 6.42. The molecule has 0 unspecified atom stereocenters. The Morgan fingerprint density at radius 2 is 1.93 bits per heavy atom. The van der Waals surface area contributed by atoms with E-state index in [1.807, 2.05) is 12.1 Å². The summed E-state index contributed by atoms with van der Waals surface area (Å²) in [5.74, 6) is 0.680. The molecule has 2 heterocycles. The third kappa shape index (κ3) is 3.03. The van der Waals surface area contributed by atoms with Crippen molar-refractivity contribution in [2.24, 2.45) is 0 Å². The van der Waals surface area contributed by atoms with E-state index in [0.717, 1.165) is 16.8 Å². The van der Waals surface area contributed by atoms with Crippen LogP contribution in [0.25, 0.3) is 5.69 Å². The average molecular weight is 400 g/mol. The van der Waals surface area contributed by atoms with Gasteiger partial charge in [-0.3, -0.25) is 4.79 Å². The summed E-state index contributed by atoms with van der Waals surface area (Å²) in [4.78, 5) is 12.4. The number of aromatic nitrogens is 2. The summed E-state index contributed by atoms with van der Waals surface area (Å²) in [6.45, 7) is 0. The minimum atomic E-state index is -0.264. The predicted molar refractivity (Wildman–Crippen MR) is 105 cm³/mol. The summed E-state index contributed by atoms with van der Waals surface area (Å²) >= 11 is 6.10. The van der Waals surface area contributed by atoms with Crippen LogP contribution in [0.5, 0.6) is 17.2 Å². The molecule has 1 aliphatic heterocycles. The number of phenols is 1. The van der Waals surface area contributed by atoms with E-state index in [0.29, 0.717) is 10.8 Å². The number of aromatic hydroxyl groups is 1. The molecule has 1 amide bonds. The van der Waals surface area contributed by atoms with Crippen molar-refractivity contribution in [3.63, 3.8) is 0 Å². The lowest BCUT2D eigenvalue weighted by atomic mass is 9.87. The number of methoxy groups -OCH3 is 2. The van der Waals surface area contributed by atoms with Gasteiger partial charge >= 0.3 is 0 Å². The number of nitrogens with zero attached hydrogens (tertiary/aromatic N) is 2. The molecule has 28 heavy (non-hydrogen) atoms. The van der Waals surface area contributed by atoms with Gasteiger partial charge in [0.25, 0.3) is 0 Å². The molecule has 1 atom stereocenters. The maximum Gasteiger partial charge on any atom is 0.226 e. The summed E-state index contributed by atoms with van der Waals surface area (Å²) in [6.07, 6.45) is 1.97. The van der Waals surface area contributed by atoms with Crippen LogP contribution in [0.4, 0.5) is 5.82 Å². The first kappa shape index (κ1) is 18.2. The van der Waals surface area contributed by atoms with E-state index < -0.39 is 0 Å². The fourth-order valence-corrected chi connectivity index (χ4v) is 3.62. The maximum atomic E-state index is 12.4. The quantitative estimate of drug-likeness (QED) is 0.698. The number of amides is 1. The second kappa shape index (κ2) is 7.09. The molecule has 0 saturated carbocycles. The number of hydrogen-bond donors (Lipinski definition) is 2. The van der Waals surface area contributed by atoms with Crippen molar-refractivity contribution in [2.75, 3.05) is 19.5 Å². The molecule has 4 rings (SSSR count). The monoisotopic (exact) mass is 399 g/mol. The molecule has 0 aliphatic carbocycles. The van der Waals surface area contributed by atoms with Crippen LogP contribution in [-0.4, -0.2) is 35.0 Å². The van der Waals surface area contributed by atoms with Crippen molar-refractivity contribution in [1.82, 2.24) is 9.78 Å². The lowest BCUT2D eigenvalue weighted by Gasteiger charge is -2.24. The number of rotatable bonds is 4. The summed E-state index contributed by atoms with van der Waals surface area (Å²) in [6, 6.07) is 10.7. The van der Waals surface area contributed by atoms with Crippen molar-refractivity contribution in [3.8, 4) is 22.9 Å². The smallest absolute Gasteiger partial charge is 0.226 e. The second-order valence-corrected chi connectivity index (χ2v) is 6.86. The number of anilines is 1. The minimum Gasteiger partial charge on any atom is -0.502 e. The van der Waals surface area contributed by atoms with Gasteiger partial charge < -0.3 is 19.9 Å². The van der Waals surface area contributed by atoms with E-state index in [1.165, 1.54) is 14.2 Å². The highest BCUT2D eigenvalue weighted by molar-refractivity contribution is 6.30. The molecule has 0 fully saturated rings. The summed E-state index contributed by atoms with van der Waals surface area (Å²) in [5.41, 5.74) is 2.39. The molecule has 0 radical (unpaired) electrons. The predicted octanol–water partition coefficient (Wildman–Crippen LogP) is 3.72. The molecular formula is C20H18ClN3O4. The highest BCUT2D eigenvalue weighted by atomic mass is 35.5. The van der Waals surface area contributed by atoms with Gasteiger partial charge in [-0.05, 0) is 35.9 Å². The van der Waals surface area contributed by atoms with Crippen LogP contribution in [0.3, 0.4) is 0 Å². The number of halogens is 1. The zero-order valence-corrected chi connectivity index (χ0v) is 16.0. The van der Waals surface area contributed by atoms with Gasteiger partial charge in [-0.1, -0.05) is 17.7 Å². The number of hydrogen-bond acceptors (Lipinski definition) is 5. The molecular weight excluding hydrogens is 382 g/mol. The van der Waals surface area contributed by atoms with Crippen molar-refractivity contribution < 1.29 is 19.4 Å². The molecule has 3 aromatic rings. The Balaban J connectivity index is 1.84. The molecule has 1 aromatic heterocycles. The molecule has 1 aliphatic rings. The molecule has 144 valence electrons. The van der Waals surface area contributed by atoms with Gasteiger partial charge in [-0.25, -0.2) is 4.68 Å². The van der Waals surface area contributed by atoms with Crippen LogP contribution in [0, 0.1) is 0 Å². The Kier molecular flexibility index (Phi) is 4.60. The summed E-state index contributed by atoms with van der Waals surface area (Å²) < 4.78 is 12.2. The highest BCUT2D eigenvalue weighted by Gasteiger charge is 2.31. The Morgan fingerprint density at radius 1 is 1.21 bits per heavy atom. The zero-order valence-electron chi connectivity index (χ0n) is 15.3. The summed E-state index contributed by atoms with van der Waals surface area (Å²) in [7, 11) is 2.93. The number of nitrogens with one attached hydrogen (secondary N) is 1. The van der Waals surface area contributed by atoms with Gasteiger partial charge in [0, 0.05) is 22.9 Å². The Bertz CT molecular complexity index is 1040. The first-order valence-electron chi connectivity index (χ1n) is 8.60. The number of carbonyl (C=O) groups is 1. The van der Waals surface area contributed by atoms with E-state index in [4.69, 9.17) is 21.1 Å². The molecule has 2 aromatic carbocycles. The van der Waals surface area contributed by atoms with E-state index >= 15 is 0 Å². The third-order valence-electron chi connectivity index (χ3n) is 4.78. The number of carbonyl (C=O) groups excluding carboxylic acids is 1. The van der Waals surface area contributed by atoms with Crippen LogP contribution in [0.1, 0.15) is 23.5 Å². The molecule has 8 heteroatoms. The number of phenolic OH excluding ortho intramolecular Hbond substituents is 1. The van der Waals surface area contributed by atoms with Crippen LogP contribution in [-0.2, 0) is 4.79 Å². The fourth-order valence-electron chi connectivity index (χ4n) is 3.44. The topological polar surface area (TPSA) is 85.6 Å². The Morgan fingerprint density at radius 3 is 2.57 bits per heavy atom. The third-order valence-corrected chi connectivity index (χ3v) is 5.01. The van der Waals surface area contributed by atoms with E-state index in [1.54, 1.807) is 35.1 Å². The number of ether oxygens (including phenoxy) is 2. The standard InChI is InChI=1S/C20H18ClN3O4/c1-27-16-6-11(7-17(28-2)19(16)26)14-9-18(25)23-20-15(14)10-22-24(20)13-5-3-4-12(21)8-13/h3-8,10,14,26H,9H2,1-2H3,(H,23,25)/t14-/m0/s1. The number of fused-ring (bicyclic) bond motifs is 1. The van der Waals surface area contributed by atoms with E-state index in [-0.39, 0.29) is 35.5 Å². The fraction of sp³-hybridized carbons (Fsp3) is 0.200. The van der Waals surface area contributed by atoms with Crippen LogP contribution >= 0.6 is 11.6 Å². The first-order valence-corrected chi connectivity index (χ1v) is 8.98. The normalized spacial score (nSPS) is 15.7. The minimum absolute atomic E-state index is 0.0798. The first-order chi connectivity index (χ1) is 13.5. The van der Waals surface area contributed by atoms with Gasteiger partial charge in [-0.2, -0.15) is 5.10 Å². The van der Waals surface area contributed by atoms with E-state index in [9.17, 15) is 9.90 Å².